The Morgan fingerprint density at radius 1 is 1.44 bits per heavy atom. The van der Waals surface area contributed by atoms with Crippen LogP contribution in [0, 0.1) is 5.92 Å². The average molecular weight is 253 g/mol. The maximum atomic E-state index is 11.7. The van der Waals surface area contributed by atoms with Crippen molar-refractivity contribution in [2.24, 2.45) is 5.92 Å². The molecule has 0 atom stereocenters. The van der Waals surface area contributed by atoms with Crippen molar-refractivity contribution in [1.82, 2.24) is 19.5 Å². The summed E-state index contributed by atoms with van der Waals surface area (Å²) >= 11 is 0. The second-order valence-corrected chi connectivity index (χ2v) is 4.07. The molecule has 0 saturated carbocycles. The van der Waals surface area contributed by atoms with Crippen LogP contribution < -0.4 is 11.4 Å². The Bertz CT molecular complexity index is 587. The monoisotopic (exact) mass is 253 g/mol. The van der Waals surface area contributed by atoms with Crippen LogP contribution in [0.4, 0.5) is 5.95 Å². The van der Waals surface area contributed by atoms with E-state index >= 15 is 0 Å². The molecule has 0 saturated heterocycles. The number of hydrogen-bond donors (Lipinski definition) is 4. The summed E-state index contributed by atoms with van der Waals surface area (Å²) in [6.45, 7) is 0.108. The number of nitrogens with two attached hydrogens (primary N) is 1. The van der Waals surface area contributed by atoms with E-state index in [-0.39, 0.29) is 30.8 Å². The molecule has 98 valence electrons. The van der Waals surface area contributed by atoms with Crippen LogP contribution in [-0.2, 0) is 6.54 Å². The molecular weight excluding hydrogens is 238 g/mol. The van der Waals surface area contributed by atoms with Crippen molar-refractivity contribution in [1.29, 1.82) is 0 Å². The minimum absolute atomic E-state index is 0.0936. The van der Waals surface area contributed by atoms with E-state index in [0.717, 1.165) is 0 Å². The number of aromatic nitrogens is 4. The van der Waals surface area contributed by atoms with E-state index in [0.29, 0.717) is 24.1 Å². The number of aliphatic hydroxyl groups excluding tert-OH is 2. The van der Waals surface area contributed by atoms with Crippen LogP contribution in [0.15, 0.2) is 11.0 Å². The molecule has 2 heterocycles. The van der Waals surface area contributed by atoms with Crippen molar-refractivity contribution in [3.05, 3.63) is 16.7 Å². The van der Waals surface area contributed by atoms with Crippen LogP contribution in [0.5, 0.6) is 0 Å². The van der Waals surface area contributed by atoms with E-state index in [1.807, 2.05) is 0 Å². The van der Waals surface area contributed by atoms with E-state index in [9.17, 15) is 4.79 Å². The molecule has 0 unspecified atom stereocenters. The SMILES string of the molecule is Nc1ncc2[nH]c(=O)n(CCC(CO)CO)c2n1. The summed E-state index contributed by atoms with van der Waals surface area (Å²) in [5.41, 5.74) is 6.12. The van der Waals surface area contributed by atoms with Crippen LogP contribution in [0.3, 0.4) is 0 Å². The van der Waals surface area contributed by atoms with Gasteiger partial charge in [-0.05, 0) is 6.42 Å². The molecule has 0 amide bonds. The van der Waals surface area contributed by atoms with Crippen molar-refractivity contribution in [3.63, 3.8) is 0 Å². The zero-order chi connectivity index (χ0) is 13.1. The molecule has 0 aliphatic rings. The minimum atomic E-state index is -0.306. The summed E-state index contributed by atoms with van der Waals surface area (Å²) in [5, 5.41) is 18.0. The molecule has 5 N–H and O–H groups in total. The lowest BCUT2D eigenvalue weighted by atomic mass is 10.1. The molecule has 0 spiro atoms. The maximum absolute atomic E-state index is 11.7. The third-order valence-corrected chi connectivity index (χ3v) is 2.81. The lowest BCUT2D eigenvalue weighted by Gasteiger charge is -2.10. The third kappa shape index (κ3) is 2.34. The van der Waals surface area contributed by atoms with E-state index in [1.165, 1.54) is 10.8 Å². The van der Waals surface area contributed by atoms with Crippen LogP contribution in [0.2, 0.25) is 0 Å². The Hall–Kier alpha value is -1.93. The van der Waals surface area contributed by atoms with Crippen LogP contribution in [0.1, 0.15) is 6.42 Å². The molecule has 2 aromatic heterocycles. The predicted molar refractivity (Wildman–Crippen MR) is 64.8 cm³/mol. The highest BCUT2D eigenvalue weighted by Crippen LogP contribution is 2.09. The fourth-order valence-electron chi connectivity index (χ4n) is 1.72. The number of H-pyrrole nitrogens is 1. The molecule has 18 heavy (non-hydrogen) atoms. The van der Waals surface area contributed by atoms with Gasteiger partial charge in [-0.2, -0.15) is 4.98 Å². The van der Waals surface area contributed by atoms with Crippen molar-refractivity contribution >= 4 is 17.1 Å². The van der Waals surface area contributed by atoms with Gasteiger partial charge >= 0.3 is 5.69 Å². The number of nitrogens with zero attached hydrogens (tertiary/aromatic N) is 3. The molecule has 0 fully saturated rings. The zero-order valence-electron chi connectivity index (χ0n) is 9.70. The van der Waals surface area contributed by atoms with Gasteiger partial charge in [0, 0.05) is 25.7 Å². The lowest BCUT2D eigenvalue weighted by molar-refractivity contribution is 0.140. The first-order chi connectivity index (χ1) is 8.65. The highest BCUT2D eigenvalue weighted by atomic mass is 16.3. The summed E-state index contributed by atoms with van der Waals surface area (Å²) in [7, 11) is 0. The van der Waals surface area contributed by atoms with Crippen LogP contribution in [0.25, 0.3) is 11.2 Å². The Labute approximate surface area is 102 Å². The highest BCUT2D eigenvalue weighted by molar-refractivity contribution is 5.70. The molecular formula is C10H15N5O3. The summed E-state index contributed by atoms with van der Waals surface area (Å²) in [4.78, 5) is 22.1. The Morgan fingerprint density at radius 2 is 2.17 bits per heavy atom. The van der Waals surface area contributed by atoms with Crippen LogP contribution >= 0.6 is 0 Å². The fraction of sp³-hybridized carbons (Fsp3) is 0.500. The van der Waals surface area contributed by atoms with Gasteiger partial charge in [0.05, 0.1) is 6.20 Å². The number of hydrogen-bond acceptors (Lipinski definition) is 6. The minimum Gasteiger partial charge on any atom is -0.396 e. The van der Waals surface area contributed by atoms with Gasteiger partial charge in [-0.1, -0.05) is 0 Å². The smallest absolute Gasteiger partial charge is 0.327 e. The van der Waals surface area contributed by atoms with Crippen molar-refractivity contribution in [2.45, 2.75) is 13.0 Å². The second kappa shape index (κ2) is 5.15. The summed E-state index contributed by atoms with van der Waals surface area (Å²) in [6.07, 6.45) is 1.93. The van der Waals surface area contributed by atoms with E-state index in [1.54, 1.807) is 0 Å². The van der Waals surface area contributed by atoms with Gasteiger partial charge in [0.15, 0.2) is 5.65 Å². The maximum Gasteiger partial charge on any atom is 0.327 e. The highest BCUT2D eigenvalue weighted by Gasteiger charge is 2.12. The number of fused-ring (bicyclic) bond motifs is 1. The third-order valence-electron chi connectivity index (χ3n) is 2.81. The first-order valence-corrected chi connectivity index (χ1v) is 5.58. The number of nitrogens with one attached hydrogen (secondary N) is 1. The Kier molecular flexibility index (Phi) is 3.58. The fourth-order valence-corrected chi connectivity index (χ4v) is 1.72. The lowest BCUT2D eigenvalue weighted by Crippen LogP contribution is -2.21. The zero-order valence-corrected chi connectivity index (χ0v) is 9.70. The number of aliphatic hydroxyl groups is 2. The van der Waals surface area contributed by atoms with Gasteiger partial charge in [0.25, 0.3) is 0 Å². The molecule has 8 heteroatoms. The summed E-state index contributed by atoms with van der Waals surface area (Å²) in [6, 6.07) is 0. The number of aryl methyl sites for hydroxylation is 1. The van der Waals surface area contributed by atoms with Crippen molar-refractivity contribution in [3.8, 4) is 0 Å². The van der Waals surface area contributed by atoms with Crippen LogP contribution in [-0.4, -0.2) is 42.9 Å². The van der Waals surface area contributed by atoms with Gasteiger partial charge in [-0.25, -0.2) is 9.78 Å². The molecule has 8 nitrogen and oxygen atoms in total. The average Bonchev–Trinajstić information content (AvgIpc) is 2.66. The molecule has 0 bridgehead atoms. The predicted octanol–water partition coefficient (Wildman–Crippen LogP) is -1.31. The number of aromatic amines is 1. The number of imidazole rings is 1. The number of nitrogen functional groups attached to an aromatic ring is 1. The van der Waals surface area contributed by atoms with Crippen molar-refractivity contribution < 1.29 is 10.2 Å². The first-order valence-electron chi connectivity index (χ1n) is 5.58. The number of anilines is 1. The molecule has 0 aliphatic heterocycles. The largest absolute Gasteiger partial charge is 0.396 e. The second-order valence-electron chi connectivity index (χ2n) is 4.07. The van der Waals surface area contributed by atoms with Crippen molar-refractivity contribution in [2.75, 3.05) is 18.9 Å². The van der Waals surface area contributed by atoms with Gasteiger partial charge in [-0.15, -0.1) is 0 Å². The van der Waals surface area contributed by atoms with Gasteiger partial charge < -0.3 is 20.9 Å². The van der Waals surface area contributed by atoms with Gasteiger partial charge in [0.1, 0.15) is 5.52 Å². The quantitative estimate of drug-likeness (QED) is 0.523. The van der Waals surface area contributed by atoms with Gasteiger partial charge in [0.2, 0.25) is 5.95 Å². The van der Waals surface area contributed by atoms with E-state index in [4.69, 9.17) is 15.9 Å². The van der Waals surface area contributed by atoms with Gasteiger partial charge in [-0.3, -0.25) is 4.57 Å². The first kappa shape index (κ1) is 12.5. The normalized spacial score (nSPS) is 11.5. The van der Waals surface area contributed by atoms with E-state index < -0.39 is 0 Å². The Morgan fingerprint density at radius 3 is 2.83 bits per heavy atom. The number of rotatable bonds is 5. The molecule has 2 aromatic rings. The summed E-state index contributed by atoms with van der Waals surface area (Å²) in [5.74, 6) is -0.155. The topological polar surface area (TPSA) is 130 Å². The molecule has 2 rings (SSSR count). The Balaban J connectivity index is 2.29. The molecule has 0 aromatic carbocycles. The summed E-state index contributed by atoms with van der Waals surface area (Å²) < 4.78 is 1.42. The standard InChI is InChI=1S/C10H15N5O3/c11-9-12-3-7-8(14-9)15(10(18)13-7)2-1-6(4-16)5-17/h3,6,16-17H,1-2,4-5H2,(H,13,18)(H2,11,12,14). The van der Waals surface area contributed by atoms with E-state index in [2.05, 4.69) is 15.0 Å². The molecule has 0 aliphatic carbocycles. The molecule has 0 radical (unpaired) electrons.